The van der Waals surface area contributed by atoms with Crippen molar-refractivity contribution < 1.29 is 9.84 Å². The molecule has 3 N–H and O–H groups in total. The highest BCUT2D eigenvalue weighted by Crippen LogP contribution is 2.35. The Bertz CT molecular complexity index is 534. The summed E-state index contributed by atoms with van der Waals surface area (Å²) in [5, 5.41) is 9.73. The van der Waals surface area contributed by atoms with E-state index in [0.717, 1.165) is 5.56 Å². The minimum absolute atomic E-state index is 0.228. The number of phenolic OH excluding ortho intramolecular Hbond substituents is 1. The molecule has 0 aliphatic heterocycles. The first-order chi connectivity index (χ1) is 8.56. The van der Waals surface area contributed by atoms with Crippen LogP contribution in [0.1, 0.15) is 5.56 Å². The summed E-state index contributed by atoms with van der Waals surface area (Å²) in [5.41, 5.74) is 7.25. The van der Waals surface area contributed by atoms with Gasteiger partial charge in [0.25, 0.3) is 0 Å². The Hall–Kier alpha value is -1.39. The number of benzene rings is 2. The van der Waals surface area contributed by atoms with Crippen LogP contribution in [-0.2, 0) is 6.61 Å². The number of phenols is 1. The van der Waals surface area contributed by atoms with Crippen LogP contribution < -0.4 is 10.5 Å². The SMILES string of the molecule is Nc1cc(Cl)cc(Br)c1OCc1ccc(O)cc1. The molecule has 0 bridgehead atoms. The zero-order valence-corrected chi connectivity index (χ0v) is 11.7. The maximum absolute atomic E-state index is 9.18. The molecule has 5 heteroatoms. The molecule has 0 spiro atoms. The summed E-state index contributed by atoms with van der Waals surface area (Å²) in [5.74, 6) is 0.790. The van der Waals surface area contributed by atoms with Crippen molar-refractivity contribution in [2.45, 2.75) is 6.61 Å². The molecule has 94 valence electrons. The molecule has 2 aromatic carbocycles. The van der Waals surface area contributed by atoms with Gasteiger partial charge in [-0.15, -0.1) is 0 Å². The van der Waals surface area contributed by atoms with Crippen molar-refractivity contribution in [3.63, 3.8) is 0 Å². The van der Waals surface area contributed by atoms with Crippen molar-refractivity contribution in [2.75, 3.05) is 5.73 Å². The predicted octanol–water partition coefficient (Wildman–Crippen LogP) is 3.97. The summed E-state index contributed by atoms with van der Waals surface area (Å²) >= 11 is 9.22. The number of anilines is 1. The maximum atomic E-state index is 9.18. The molecule has 0 aliphatic carbocycles. The molecule has 0 saturated heterocycles. The number of aromatic hydroxyl groups is 1. The van der Waals surface area contributed by atoms with Gasteiger partial charge in [-0.2, -0.15) is 0 Å². The van der Waals surface area contributed by atoms with Gasteiger partial charge >= 0.3 is 0 Å². The number of hydrogen-bond donors (Lipinski definition) is 2. The highest BCUT2D eigenvalue weighted by molar-refractivity contribution is 9.10. The Balaban J connectivity index is 2.13. The number of nitrogens with two attached hydrogens (primary N) is 1. The summed E-state index contributed by atoms with van der Waals surface area (Å²) in [6, 6.07) is 10.2. The van der Waals surface area contributed by atoms with Crippen LogP contribution in [0.2, 0.25) is 5.02 Å². The van der Waals surface area contributed by atoms with Crippen LogP contribution in [0.25, 0.3) is 0 Å². The summed E-state index contributed by atoms with van der Waals surface area (Å²) < 4.78 is 6.35. The molecule has 0 heterocycles. The van der Waals surface area contributed by atoms with Crippen LogP contribution in [0.4, 0.5) is 5.69 Å². The smallest absolute Gasteiger partial charge is 0.156 e. The zero-order chi connectivity index (χ0) is 13.1. The molecular weight excluding hydrogens is 318 g/mol. The fraction of sp³-hybridized carbons (Fsp3) is 0.0769. The van der Waals surface area contributed by atoms with E-state index in [4.69, 9.17) is 22.1 Å². The van der Waals surface area contributed by atoms with Crippen molar-refractivity contribution in [3.05, 3.63) is 51.5 Å². The van der Waals surface area contributed by atoms with E-state index in [1.54, 1.807) is 36.4 Å². The van der Waals surface area contributed by atoms with Crippen LogP contribution in [-0.4, -0.2) is 5.11 Å². The first-order valence-electron chi connectivity index (χ1n) is 5.21. The van der Waals surface area contributed by atoms with Gasteiger partial charge in [-0.05, 0) is 45.8 Å². The third-order valence-electron chi connectivity index (χ3n) is 2.36. The first kappa shape index (κ1) is 13.1. The summed E-state index contributed by atoms with van der Waals surface area (Å²) in [6.45, 7) is 0.366. The van der Waals surface area contributed by atoms with Gasteiger partial charge < -0.3 is 15.6 Å². The Labute approximate surface area is 118 Å². The summed E-state index contributed by atoms with van der Waals surface area (Å²) in [4.78, 5) is 0. The second-order valence-corrected chi connectivity index (χ2v) is 5.05. The quantitative estimate of drug-likeness (QED) is 0.838. The molecule has 0 atom stereocenters. The second kappa shape index (κ2) is 5.50. The van der Waals surface area contributed by atoms with Crippen molar-refractivity contribution in [1.29, 1.82) is 0 Å². The molecule has 0 saturated carbocycles. The van der Waals surface area contributed by atoms with E-state index in [1.165, 1.54) is 0 Å². The van der Waals surface area contributed by atoms with Gasteiger partial charge in [-0.3, -0.25) is 0 Å². The number of halogens is 2. The fourth-order valence-electron chi connectivity index (χ4n) is 1.48. The van der Waals surface area contributed by atoms with Gasteiger partial charge in [-0.1, -0.05) is 23.7 Å². The number of rotatable bonds is 3. The van der Waals surface area contributed by atoms with Crippen LogP contribution >= 0.6 is 27.5 Å². The third-order valence-corrected chi connectivity index (χ3v) is 3.16. The van der Waals surface area contributed by atoms with E-state index >= 15 is 0 Å². The molecule has 3 nitrogen and oxygen atoms in total. The Morgan fingerprint density at radius 2 is 1.89 bits per heavy atom. The maximum Gasteiger partial charge on any atom is 0.156 e. The molecule has 0 amide bonds. The van der Waals surface area contributed by atoms with Gasteiger partial charge in [0.05, 0.1) is 10.2 Å². The lowest BCUT2D eigenvalue weighted by molar-refractivity contribution is 0.306. The fourth-order valence-corrected chi connectivity index (χ4v) is 2.43. The normalized spacial score (nSPS) is 10.3. The second-order valence-electron chi connectivity index (χ2n) is 3.76. The number of nitrogen functional groups attached to an aromatic ring is 1. The molecule has 0 unspecified atom stereocenters. The molecule has 0 fully saturated rings. The van der Waals surface area contributed by atoms with Gasteiger partial charge in [0.15, 0.2) is 5.75 Å². The Kier molecular flexibility index (Phi) is 3.99. The molecule has 0 radical (unpaired) electrons. The highest BCUT2D eigenvalue weighted by atomic mass is 79.9. The minimum Gasteiger partial charge on any atom is -0.508 e. The van der Waals surface area contributed by atoms with Gasteiger partial charge in [-0.25, -0.2) is 0 Å². The van der Waals surface area contributed by atoms with Crippen molar-refractivity contribution >= 4 is 33.2 Å². The molecule has 2 rings (SSSR count). The van der Waals surface area contributed by atoms with Gasteiger partial charge in [0, 0.05) is 5.02 Å². The zero-order valence-electron chi connectivity index (χ0n) is 9.36. The lowest BCUT2D eigenvalue weighted by atomic mass is 10.2. The molecule has 2 aromatic rings. The van der Waals surface area contributed by atoms with E-state index < -0.39 is 0 Å². The van der Waals surface area contributed by atoms with Crippen LogP contribution in [0.3, 0.4) is 0 Å². The lowest BCUT2D eigenvalue weighted by Crippen LogP contribution is -1.99. The van der Waals surface area contributed by atoms with Crippen LogP contribution in [0.15, 0.2) is 40.9 Å². The minimum atomic E-state index is 0.228. The largest absolute Gasteiger partial charge is 0.508 e. The summed E-state index contributed by atoms with van der Waals surface area (Å²) in [6.07, 6.45) is 0. The van der Waals surface area contributed by atoms with E-state index in [9.17, 15) is 5.11 Å². The van der Waals surface area contributed by atoms with Crippen molar-refractivity contribution in [2.24, 2.45) is 0 Å². The first-order valence-corrected chi connectivity index (χ1v) is 6.38. The van der Waals surface area contributed by atoms with Crippen molar-refractivity contribution in [1.82, 2.24) is 0 Å². The van der Waals surface area contributed by atoms with E-state index in [1.807, 2.05) is 0 Å². The summed E-state index contributed by atoms with van der Waals surface area (Å²) in [7, 11) is 0. The Morgan fingerprint density at radius 3 is 2.50 bits per heavy atom. The average molecular weight is 329 g/mol. The molecule has 0 aliphatic rings. The standard InChI is InChI=1S/C13H11BrClNO2/c14-11-5-9(15)6-12(16)13(11)18-7-8-1-3-10(17)4-2-8/h1-6,17H,7,16H2. The van der Waals surface area contributed by atoms with Gasteiger partial charge in [0.1, 0.15) is 12.4 Å². The van der Waals surface area contributed by atoms with E-state index in [0.29, 0.717) is 27.5 Å². The number of ether oxygens (including phenoxy) is 1. The van der Waals surface area contributed by atoms with E-state index in [2.05, 4.69) is 15.9 Å². The molecular formula is C13H11BrClNO2. The average Bonchev–Trinajstić information content (AvgIpc) is 2.30. The van der Waals surface area contributed by atoms with Crippen LogP contribution in [0.5, 0.6) is 11.5 Å². The van der Waals surface area contributed by atoms with Crippen molar-refractivity contribution in [3.8, 4) is 11.5 Å². The monoisotopic (exact) mass is 327 g/mol. The molecule has 0 aromatic heterocycles. The molecule has 18 heavy (non-hydrogen) atoms. The van der Waals surface area contributed by atoms with Crippen LogP contribution in [0, 0.1) is 0 Å². The topological polar surface area (TPSA) is 55.5 Å². The Morgan fingerprint density at radius 1 is 1.22 bits per heavy atom. The number of hydrogen-bond acceptors (Lipinski definition) is 3. The van der Waals surface area contributed by atoms with Gasteiger partial charge in [0.2, 0.25) is 0 Å². The highest BCUT2D eigenvalue weighted by Gasteiger charge is 2.08. The lowest BCUT2D eigenvalue weighted by Gasteiger charge is -2.11. The third kappa shape index (κ3) is 3.09. The van der Waals surface area contributed by atoms with E-state index in [-0.39, 0.29) is 5.75 Å². The predicted molar refractivity (Wildman–Crippen MR) is 76.0 cm³/mol.